The molecule has 2 rings (SSSR count). The third kappa shape index (κ3) is 5.20. The second-order valence-corrected chi connectivity index (χ2v) is 6.30. The van der Waals surface area contributed by atoms with Gasteiger partial charge in [0, 0.05) is 52.2 Å². The summed E-state index contributed by atoms with van der Waals surface area (Å²) in [5, 5.41) is 3.27. The van der Waals surface area contributed by atoms with Gasteiger partial charge >= 0.3 is 0 Å². The maximum atomic E-state index is 12.1. The summed E-state index contributed by atoms with van der Waals surface area (Å²) in [4.78, 5) is 16.5. The van der Waals surface area contributed by atoms with Gasteiger partial charge in [0.25, 0.3) is 0 Å². The second kappa shape index (κ2) is 7.59. The number of nitrogens with zero attached hydrogens (tertiary/aromatic N) is 2. The number of carbonyl (C=O) groups excluding carboxylic acids is 1. The van der Waals surface area contributed by atoms with Gasteiger partial charge in [-0.1, -0.05) is 0 Å². The molecule has 2 aliphatic rings. The molecule has 6 heteroatoms. The number of halogens is 1. The summed E-state index contributed by atoms with van der Waals surface area (Å²) in [5.41, 5.74) is -0.101. The molecule has 118 valence electrons. The lowest BCUT2D eigenvalue weighted by Crippen LogP contribution is -2.53. The highest BCUT2D eigenvalue weighted by Gasteiger charge is 2.31. The highest BCUT2D eigenvalue weighted by Crippen LogP contribution is 2.20. The Balaban J connectivity index is 0.00000200. The van der Waals surface area contributed by atoms with Crippen molar-refractivity contribution < 1.29 is 9.53 Å². The highest BCUT2D eigenvalue weighted by atomic mass is 35.5. The summed E-state index contributed by atoms with van der Waals surface area (Å²) in [5.74, 6) is 0.290. The molecule has 5 nitrogen and oxygen atoms in total. The smallest absolute Gasteiger partial charge is 0.223 e. The van der Waals surface area contributed by atoms with Gasteiger partial charge in [0.15, 0.2) is 0 Å². The lowest BCUT2D eigenvalue weighted by Gasteiger charge is -2.42. The number of amides is 1. The van der Waals surface area contributed by atoms with Gasteiger partial charge in [-0.2, -0.15) is 0 Å². The van der Waals surface area contributed by atoms with E-state index >= 15 is 0 Å². The van der Waals surface area contributed by atoms with Crippen LogP contribution in [0, 0.1) is 0 Å². The quantitative estimate of drug-likeness (QED) is 0.835. The first-order valence-corrected chi connectivity index (χ1v) is 7.35. The molecule has 1 unspecified atom stereocenters. The van der Waals surface area contributed by atoms with Crippen molar-refractivity contribution in [3.63, 3.8) is 0 Å². The highest BCUT2D eigenvalue weighted by molar-refractivity contribution is 5.85. The predicted octanol–water partition coefficient (Wildman–Crippen LogP) is 0.729. The summed E-state index contributed by atoms with van der Waals surface area (Å²) in [6, 6.07) is 0. The standard InChI is InChI=1S/C14H27N3O2.ClH/c1-12-10-16(11-14(2,3)19-12)7-4-13(18)17-8-5-15-6-9-17;/h12,15H,4-11H2,1-3H3;1H. The molecule has 2 fully saturated rings. The first-order valence-electron chi connectivity index (χ1n) is 7.35. The first-order chi connectivity index (χ1) is 8.96. The first kappa shape index (κ1) is 17.7. The molecule has 2 heterocycles. The summed E-state index contributed by atoms with van der Waals surface area (Å²) in [7, 11) is 0. The van der Waals surface area contributed by atoms with Gasteiger partial charge in [0.05, 0.1) is 11.7 Å². The van der Waals surface area contributed by atoms with E-state index in [0.717, 1.165) is 45.8 Å². The van der Waals surface area contributed by atoms with Gasteiger partial charge in [0.2, 0.25) is 5.91 Å². The third-order valence-electron chi connectivity index (χ3n) is 3.75. The Hall–Kier alpha value is -0.360. The summed E-state index contributed by atoms with van der Waals surface area (Å²) >= 11 is 0. The maximum absolute atomic E-state index is 12.1. The number of hydrogen-bond acceptors (Lipinski definition) is 4. The molecule has 0 radical (unpaired) electrons. The van der Waals surface area contributed by atoms with Crippen LogP contribution in [0.1, 0.15) is 27.2 Å². The molecular formula is C14H28ClN3O2. The number of morpholine rings is 1. The Kier molecular flexibility index (Phi) is 6.72. The molecule has 0 spiro atoms. The van der Waals surface area contributed by atoms with Crippen molar-refractivity contribution in [1.29, 1.82) is 0 Å². The number of nitrogens with one attached hydrogen (secondary N) is 1. The molecular weight excluding hydrogens is 278 g/mol. The van der Waals surface area contributed by atoms with Gasteiger partial charge in [-0.25, -0.2) is 0 Å². The number of carbonyl (C=O) groups is 1. The van der Waals surface area contributed by atoms with Crippen molar-refractivity contribution in [2.75, 3.05) is 45.8 Å². The predicted molar refractivity (Wildman–Crippen MR) is 82.4 cm³/mol. The second-order valence-electron chi connectivity index (χ2n) is 6.30. The van der Waals surface area contributed by atoms with E-state index in [1.54, 1.807) is 0 Å². The molecule has 2 aliphatic heterocycles. The fourth-order valence-electron chi connectivity index (χ4n) is 3.08. The van der Waals surface area contributed by atoms with Crippen molar-refractivity contribution >= 4 is 18.3 Å². The lowest BCUT2D eigenvalue weighted by atomic mass is 10.1. The molecule has 2 saturated heterocycles. The van der Waals surface area contributed by atoms with E-state index in [2.05, 4.69) is 31.0 Å². The third-order valence-corrected chi connectivity index (χ3v) is 3.75. The van der Waals surface area contributed by atoms with Crippen LogP contribution in [-0.4, -0.2) is 73.2 Å². The SMILES string of the molecule is CC1CN(CCC(=O)N2CCNCC2)CC(C)(C)O1.Cl. The molecule has 1 amide bonds. The van der Waals surface area contributed by atoms with Crippen molar-refractivity contribution in [2.24, 2.45) is 0 Å². The van der Waals surface area contributed by atoms with Gasteiger partial charge < -0.3 is 15.0 Å². The Bertz CT molecular complexity index is 320. The van der Waals surface area contributed by atoms with Crippen LogP contribution in [0.5, 0.6) is 0 Å². The minimum absolute atomic E-state index is 0. The van der Waals surface area contributed by atoms with Crippen molar-refractivity contribution in [2.45, 2.75) is 38.9 Å². The van der Waals surface area contributed by atoms with E-state index in [4.69, 9.17) is 4.74 Å². The maximum Gasteiger partial charge on any atom is 0.223 e. The summed E-state index contributed by atoms with van der Waals surface area (Å²) < 4.78 is 5.88. The van der Waals surface area contributed by atoms with Crippen LogP contribution in [0.15, 0.2) is 0 Å². The lowest BCUT2D eigenvalue weighted by molar-refractivity contribution is -0.138. The average Bonchev–Trinajstić information content (AvgIpc) is 2.34. The number of rotatable bonds is 3. The number of ether oxygens (including phenoxy) is 1. The van der Waals surface area contributed by atoms with Crippen LogP contribution < -0.4 is 5.32 Å². The van der Waals surface area contributed by atoms with Crippen LogP contribution in [0.3, 0.4) is 0 Å². The van der Waals surface area contributed by atoms with Crippen LogP contribution in [0.2, 0.25) is 0 Å². The molecule has 20 heavy (non-hydrogen) atoms. The number of piperazine rings is 1. The molecule has 0 aromatic rings. The van der Waals surface area contributed by atoms with Crippen LogP contribution in [-0.2, 0) is 9.53 Å². The zero-order valence-electron chi connectivity index (χ0n) is 12.9. The van der Waals surface area contributed by atoms with Gasteiger partial charge in [-0.05, 0) is 20.8 Å². The molecule has 0 bridgehead atoms. The molecule has 0 aromatic heterocycles. The van der Waals surface area contributed by atoms with Gasteiger partial charge in [0.1, 0.15) is 0 Å². The summed E-state index contributed by atoms with van der Waals surface area (Å²) in [6.45, 7) is 12.6. The zero-order valence-corrected chi connectivity index (χ0v) is 13.7. The largest absolute Gasteiger partial charge is 0.370 e. The molecule has 0 aromatic carbocycles. The van der Waals surface area contributed by atoms with Crippen LogP contribution in [0.25, 0.3) is 0 Å². The van der Waals surface area contributed by atoms with Crippen molar-refractivity contribution in [3.8, 4) is 0 Å². The van der Waals surface area contributed by atoms with Crippen molar-refractivity contribution in [3.05, 3.63) is 0 Å². The topological polar surface area (TPSA) is 44.8 Å². The normalized spacial score (nSPS) is 26.9. The Morgan fingerprint density at radius 3 is 2.60 bits per heavy atom. The Morgan fingerprint density at radius 1 is 1.35 bits per heavy atom. The van der Waals surface area contributed by atoms with Crippen LogP contribution >= 0.6 is 12.4 Å². The molecule has 1 atom stereocenters. The van der Waals surface area contributed by atoms with E-state index in [1.165, 1.54) is 0 Å². The number of hydrogen-bond donors (Lipinski definition) is 1. The minimum atomic E-state index is -0.101. The molecule has 0 saturated carbocycles. The Morgan fingerprint density at radius 2 is 2.00 bits per heavy atom. The fourth-order valence-corrected chi connectivity index (χ4v) is 3.08. The van der Waals surface area contributed by atoms with Gasteiger partial charge in [-0.15, -0.1) is 12.4 Å². The molecule has 0 aliphatic carbocycles. The monoisotopic (exact) mass is 305 g/mol. The van der Waals surface area contributed by atoms with E-state index in [0.29, 0.717) is 12.3 Å². The zero-order chi connectivity index (χ0) is 13.9. The average molecular weight is 306 g/mol. The van der Waals surface area contributed by atoms with E-state index in [1.807, 2.05) is 4.90 Å². The fraction of sp³-hybridized carbons (Fsp3) is 0.929. The summed E-state index contributed by atoms with van der Waals surface area (Å²) in [6.07, 6.45) is 0.876. The van der Waals surface area contributed by atoms with E-state index in [-0.39, 0.29) is 24.1 Å². The van der Waals surface area contributed by atoms with E-state index < -0.39 is 0 Å². The van der Waals surface area contributed by atoms with Crippen molar-refractivity contribution in [1.82, 2.24) is 15.1 Å². The molecule has 1 N–H and O–H groups in total. The van der Waals surface area contributed by atoms with E-state index in [9.17, 15) is 4.79 Å². The van der Waals surface area contributed by atoms with Crippen LogP contribution in [0.4, 0.5) is 0 Å². The Labute approximate surface area is 128 Å². The van der Waals surface area contributed by atoms with Gasteiger partial charge in [-0.3, -0.25) is 9.69 Å². The minimum Gasteiger partial charge on any atom is -0.370 e.